The van der Waals surface area contributed by atoms with Crippen LogP contribution in [0.1, 0.15) is 28.7 Å². The first kappa shape index (κ1) is 15.1. The molecule has 0 saturated carbocycles. The number of aryl methyl sites for hydroxylation is 2. The molecule has 5 heteroatoms. The van der Waals surface area contributed by atoms with E-state index in [1.165, 1.54) is 0 Å². The monoisotopic (exact) mass is 286 g/mol. The van der Waals surface area contributed by atoms with E-state index in [1.807, 2.05) is 49.9 Å². The average Bonchev–Trinajstić information content (AvgIpc) is 2.86. The van der Waals surface area contributed by atoms with Crippen LogP contribution in [0.3, 0.4) is 0 Å². The Morgan fingerprint density at radius 1 is 1.38 bits per heavy atom. The van der Waals surface area contributed by atoms with Gasteiger partial charge in [0.15, 0.2) is 0 Å². The molecule has 0 spiro atoms. The number of aromatic nitrogens is 2. The van der Waals surface area contributed by atoms with Crippen LogP contribution in [-0.2, 0) is 13.5 Å². The highest BCUT2D eigenvalue weighted by Gasteiger charge is 2.11. The maximum atomic E-state index is 12.3. The first-order valence-electron chi connectivity index (χ1n) is 7.20. The topological polar surface area (TPSA) is 59.0 Å². The third-order valence-electron chi connectivity index (χ3n) is 3.34. The summed E-state index contributed by atoms with van der Waals surface area (Å²) in [6, 6.07) is 5.86. The molecule has 1 amide bonds. The molecule has 0 radical (unpaired) electrons. The number of hydrogen-bond donors (Lipinski definition) is 2. The molecule has 5 nitrogen and oxygen atoms in total. The summed E-state index contributed by atoms with van der Waals surface area (Å²) in [5.41, 5.74) is 2.64. The number of amides is 1. The molecule has 0 bridgehead atoms. The summed E-state index contributed by atoms with van der Waals surface area (Å²) < 4.78 is 1.96. The Balaban J connectivity index is 1.99. The van der Waals surface area contributed by atoms with Crippen LogP contribution in [0.15, 0.2) is 30.6 Å². The molecule has 2 aromatic rings. The molecule has 112 valence electrons. The van der Waals surface area contributed by atoms with Gasteiger partial charge in [0, 0.05) is 44.6 Å². The van der Waals surface area contributed by atoms with E-state index < -0.39 is 0 Å². The Morgan fingerprint density at radius 2 is 2.19 bits per heavy atom. The highest BCUT2D eigenvalue weighted by molar-refractivity contribution is 5.99. The van der Waals surface area contributed by atoms with Crippen molar-refractivity contribution in [2.24, 2.45) is 7.05 Å². The van der Waals surface area contributed by atoms with Crippen LogP contribution in [0.25, 0.3) is 0 Å². The standard InChI is InChI=1S/C16H22N4O/c1-4-17-14-6-5-12(2)11-13(14)16(21)19-8-7-15-18-9-10-20(15)3/h5-6,9-11,17H,4,7-8H2,1-3H3,(H,19,21). The van der Waals surface area contributed by atoms with Crippen molar-refractivity contribution >= 4 is 11.6 Å². The van der Waals surface area contributed by atoms with Crippen molar-refractivity contribution in [2.75, 3.05) is 18.4 Å². The molecule has 0 fully saturated rings. The van der Waals surface area contributed by atoms with Crippen molar-refractivity contribution in [1.29, 1.82) is 0 Å². The van der Waals surface area contributed by atoms with Gasteiger partial charge in [0.1, 0.15) is 5.82 Å². The number of benzene rings is 1. The van der Waals surface area contributed by atoms with E-state index in [0.717, 1.165) is 30.0 Å². The Labute approximate surface area is 125 Å². The van der Waals surface area contributed by atoms with Crippen molar-refractivity contribution in [3.05, 3.63) is 47.5 Å². The average molecular weight is 286 g/mol. The van der Waals surface area contributed by atoms with Gasteiger partial charge in [-0.1, -0.05) is 11.6 Å². The van der Waals surface area contributed by atoms with Gasteiger partial charge in [0.25, 0.3) is 5.91 Å². The zero-order chi connectivity index (χ0) is 15.2. The maximum absolute atomic E-state index is 12.3. The first-order chi connectivity index (χ1) is 10.1. The molecule has 1 aromatic heterocycles. The van der Waals surface area contributed by atoms with Gasteiger partial charge in [0.2, 0.25) is 0 Å². The summed E-state index contributed by atoms with van der Waals surface area (Å²) in [4.78, 5) is 16.6. The molecule has 0 saturated heterocycles. The molecule has 1 heterocycles. The van der Waals surface area contributed by atoms with Crippen LogP contribution in [0.5, 0.6) is 0 Å². The minimum absolute atomic E-state index is 0.0520. The van der Waals surface area contributed by atoms with Crippen molar-refractivity contribution in [1.82, 2.24) is 14.9 Å². The van der Waals surface area contributed by atoms with Gasteiger partial charge in [-0.05, 0) is 26.0 Å². The van der Waals surface area contributed by atoms with Crippen molar-refractivity contribution in [2.45, 2.75) is 20.3 Å². The van der Waals surface area contributed by atoms with Gasteiger partial charge >= 0.3 is 0 Å². The number of anilines is 1. The molecule has 0 aliphatic heterocycles. The van der Waals surface area contributed by atoms with E-state index in [-0.39, 0.29) is 5.91 Å². The molecular weight excluding hydrogens is 264 g/mol. The van der Waals surface area contributed by atoms with E-state index in [1.54, 1.807) is 6.20 Å². The highest BCUT2D eigenvalue weighted by Crippen LogP contribution is 2.17. The number of nitrogens with zero attached hydrogens (tertiary/aromatic N) is 2. The number of rotatable bonds is 6. The molecule has 2 rings (SSSR count). The van der Waals surface area contributed by atoms with Crippen LogP contribution >= 0.6 is 0 Å². The molecule has 0 aliphatic carbocycles. The van der Waals surface area contributed by atoms with Gasteiger partial charge in [-0.25, -0.2) is 4.98 Å². The van der Waals surface area contributed by atoms with Crippen molar-refractivity contribution < 1.29 is 4.79 Å². The fourth-order valence-corrected chi connectivity index (χ4v) is 2.21. The smallest absolute Gasteiger partial charge is 0.253 e. The summed E-state index contributed by atoms with van der Waals surface area (Å²) >= 11 is 0. The van der Waals surface area contributed by atoms with Crippen LogP contribution in [0.4, 0.5) is 5.69 Å². The summed E-state index contributed by atoms with van der Waals surface area (Å²) in [7, 11) is 1.95. The third-order valence-corrected chi connectivity index (χ3v) is 3.34. The fourth-order valence-electron chi connectivity index (χ4n) is 2.21. The zero-order valence-corrected chi connectivity index (χ0v) is 12.8. The molecule has 0 aliphatic rings. The minimum atomic E-state index is -0.0520. The van der Waals surface area contributed by atoms with Crippen LogP contribution < -0.4 is 10.6 Å². The van der Waals surface area contributed by atoms with Gasteiger partial charge in [-0.2, -0.15) is 0 Å². The molecule has 2 N–H and O–H groups in total. The minimum Gasteiger partial charge on any atom is -0.385 e. The van der Waals surface area contributed by atoms with Crippen LogP contribution in [-0.4, -0.2) is 28.5 Å². The fraction of sp³-hybridized carbons (Fsp3) is 0.375. The van der Waals surface area contributed by atoms with Crippen LogP contribution in [0.2, 0.25) is 0 Å². The number of carbonyl (C=O) groups excluding carboxylic acids is 1. The second-order valence-corrected chi connectivity index (χ2v) is 5.04. The summed E-state index contributed by atoms with van der Waals surface area (Å²) in [5.74, 6) is 0.912. The molecule has 21 heavy (non-hydrogen) atoms. The zero-order valence-electron chi connectivity index (χ0n) is 12.8. The second-order valence-electron chi connectivity index (χ2n) is 5.04. The summed E-state index contributed by atoms with van der Waals surface area (Å²) in [6.07, 6.45) is 4.39. The Kier molecular flexibility index (Phi) is 4.98. The summed E-state index contributed by atoms with van der Waals surface area (Å²) in [6.45, 7) is 5.36. The van der Waals surface area contributed by atoms with Gasteiger partial charge in [-0.3, -0.25) is 4.79 Å². The predicted molar refractivity (Wildman–Crippen MR) is 84.6 cm³/mol. The van der Waals surface area contributed by atoms with Crippen LogP contribution in [0, 0.1) is 6.92 Å². The molecule has 1 aromatic carbocycles. The van der Waals surface area contributed by atoms with E-state index in [0.29, 0.717) is 12.1 Å². The van der Waals surface area contributed by atoms with Crippen molar-refractivity contribution in [3.63, 3.8) is 0 Å². The lowest BCUT2D eigenvalue weighted by molar-refractivity contribution is 0.0954. The predicted octanol–water partition coefficient (Wildman–Crippen LogP) is 2.13. The van der Waals surface area contributed by atoms with E-state index in [4.69, 9.17) is 0 Å². The molecule has 0 unspecified atom stereocenters. The second kappa shape index (κ2) is 6.92. The Morgan fingerprint density at radius 3 is 2.86 bits per heavy atom. The maximum Gasteiger partial charge on any atom is 0.253 e. The quantitative estimate of drug-likeness (QED) is 0.855. The van der Waals surface area contributed by atoms with E-state index in [2.05, 4.69) is 15.6 Å². The number of hydrogen-bond acceptors (Lipinski definition) is 3. The normalized spacial score (nSPS) is 10.4. The van der Waals surface area contributed by atoms with Gasteiger partial charge in [-0.15, -0.1) is 0 Å². The largest absolute Gasteiger partial charge is 0.385 e. The molecular formula is C16H22N4O. The number of nitrogens with one attached hydrogen (secondary N) is 2. The van der Waals surface area contributed by atoms with E-state index in [9.17, 15) is 4.79 Å². The van der Waals surface area contributed by atoms with Crippen molar-refractivity contribution in [3.8, 4) is 0 Å². The van der Waals surface area contributed by atoms with E-state index >= 15 is 0 Å². The van der Waals surface area contributed by atoms with Gasteiger partial charge < -0.3 is 15.2 Å². The number of imidazole rings is 1. The summed E-state index contributed by atoms with van der Waals surface area (Å²) in [5, 5.41) is 6.18. The van der Waals surface area contributed by atoms with Gasteiger partial charge in [0.05, 0.1) is 5.56 Å². The number of carbonyl (C=O) groups is 1. The highest BCUT2D eigenvalue weighted by atomic mass is 16.1. The first-order valence-corrected chi connectivity index (χ1v) is 7.20. The third kappa shape index (κ3) is 3.84. The lowest BCUT2D eigenvalue weighted by Crippen LogP contribution is -2.27. The molecule has 0 atom stereocenters. The Hall–Kier alpha value is -2.30. The SMILES string of the molecule is CCNc1ccc(C)cc1C(=O)NCCc1nccn1C. The Bertz CT molecular complexity index is 618. The lowest BCUT2D eigenvalue weighted by atomic mass is 10.1. The lowest BCUT2D eigenvalue weighted by Gasteiger charge is -2.12.